The molecule has 3 aromatic carbocycles. The summed E-state index contributed by atoms with van der Waals surface area (Å²) < 4.78 is 5.58. The molecule has 1 aliphatic heterocycles. The first kappa shape index (κ1) is 22.9. The molecule has 34 heavy (non-hydrogen) atoms. The van der Waals surface area contributed by atoms with E-state index in [9.17, 15) is 24.5 Å². The van der Waals surface area contributed by atoms with Gasteiger partial charge in [0.05, 0.1) is 21.2 Å². The Hall–Kier alpha value is -4.24. The third kappa shape index (κ3) is 5.05. The molecule has 2 N–H and O–H groups in total. The van der Waals surface area contributed by atoms with Crippen molar-refractivity contribution < 1.29 is 24.0 Å². The van der Waals surface area contributed by atoms with Crippen LogP contribution >= 0.6 is 11.6 Å². The van der Waals surface area contributed by atoms with Gasteiger partial charge in [0, 0.05) is 29.8 Å². The number of ether oxygens (including phenoxy) is 1. The van der Waals surface area contributed by atoms with Gasteiger partial charge in [0.2, 0.25) is 12.0 Å². The number of nitro benzene ring substituents is 1. The summed E-state index contributed by atoms with van der Waals surface area (Å²) in [4.78, 5) is 47.9. The fourth-order valence-corrected chi connectivity index (χ4v) is 3.73. The Labute approximate surface area is 198 Å². The van der Waals surface area contributed by atoms with Crippen LogP contribution in [-0.4, -0.2) is 22.7 Å². The standard InChI is InChI=1S/C24H18ClN3O6/c25-18-13-17(28(32)33)8-10-20(18)27-23(30)22(14-4-2-1-3-5-14)34-24(31)16-6-9-19-15(12-16)7-11-21(29)26-19/h1-6,8-10,12-13,22H,7,11H2,(H,26,29)(H,27,30). The van der Waals surface area contributed by atoms with Crippen LogP contribution in [0.15, 0.2) is 66.7 Å². The highest BCUT2D eigenvalue weighted by Crippen LogP contribution is 2.29. The maximum Gasteiger partial charge on any atom is 0.339 e. The zero-order chi connectivity index (χ0) is 24.2. The Morgan fingerprint density at radius 2 is 1.82 bits per heavy atom. The minimum absolute atomic E-state index is 0.0302. The lowest BCUT2D eigenvalue weighted by molar-refractivity contribution is -0.384. The normalized spacial score (nSPS) is 13.3. The number of nitrogens with one attached hydrogen (secondary N) is 2. The SMILES string of the molecule is O=C1CCc2cc(C(=O)OC(C(=O)Nc3ccc([N+](=O)[O-])cc3Cl)c3ccccc3)ccc2N1. The van der Waals surface area contributed by atoms with E-state index in [0.717, 1.165) is 11.6 Å². The van der Waals surface area contributed by atoms with Crippen molar-refractivity contribution >= 4 is 46.4 Å². The Bertz CT molecular complexity index is 1300. The lowest BCUT2D eigenvalue weighted by Gasteiger charge is -2.20. The number of carbonyl (C=O) groups excluding carboxylic acids is 3. The number of carbonyl (C=O) groups is 3. The summed E-state index contributed by atoms with van der Waals surface area (Å²) in [5.74, 6) is -1.49. The van der Waals surface area contributed by atoms with Gasteiger partial charge in [-0.25, -0.2) is 4.79 Å². The third-order valence-electron chi connectivity index (χ3n) is 5.22. The van der Waals surface area contributed by atoms with Gasteiger partial charge in [-0.15, -0.1) is 0 Å². The number of benzene rings is 3. The molecule has 0 bridgehead atoms. The van der Waals surface area contributed by atoms with E-state index < -0.39 is 22.9 Å². The largest absolute Gasteiger partial charge is 0.444 e. The van der Waals surface area contributed by atoms with Crippen molar-refractivity contribution in [1.29, 1.82) is 0 Å². The molecular weight excluding hydrogens is 462 g/mol. The molecule has 4 rings (SSSR count). The van der Waals surface area contributed by atoms with Crippen molar-refractivity contribution in [2.24, 2.45) is 0 Å². The van der Waals surface area contributed by atoms with Gasteiger partial charge in [0.25, 0.3) is 11.6 Å². The van der Waals surface area contributed by atoms with Gasteiger partial charge in [-0.1, -0.05) is 41.9 Å². The number of amides is 2. The van der Waals surface area contributed by atoms with Gasteiger partial charge in [-0.3, -0.25) is 19.7 Å². The average Bonchev–Trinajstić information content (AvgIpc) is 2.83. The van der Waals surface area contributed by atoms with Crippen LogP contribution in [0.4, 0.5) is 17.1 Å². The zero-order valence-corrected chi connectivity index (χ0v) is 18.4. The van der Waals surface area contributed by atoms with Crippen LogP contribution in [0.1, 0.15) is 34.0 Å². The maximum atomic E-state index is 13.1. The molecule has 2 amide bonds. The summed E-state index contributed by atoms with van der Waals surface area (Å²) >= 11 is 6.09. The number of hydrogen-bond donors (Lipinski definition) is 2. The highest BCUT2D eigenvalue weighted by Gasteiger charge is 2.27. The number of aryl methyl sites for hydroxylation is 1. The van der Waals surface area contributed by atoms with Crippen LogP contribution in [0.5, 0.6) is 0 Å². The Morgan fingerprint density at radius 1 is 1.06 bits per heavy atom. The Morgan fingerprint density at radius 3 is 2.53 bits per heavy atom. The van der Waals surface area contributed by atoms with E-state index in [1.165, 1.54) is 18.2 Å². The number of nitro groups is 1. The zero-order valence-electron chi connectivity index (χ0n) is 17.6. The van der Waals surface area contributed by atoms with Crippen LogP contribution in [-0.2, 0) is 20.7 Å². The van der Waals surface area contributed by atoms with Gasteiger partial charge in [0.15, 0.2) is 0 Å². The van der Waals surface area contributed by atoms with E-state index >= 15 is 0 Å². The van der Waals surface area contributed by atoms with Crippen LogP contribution in [0.25, 0.3) is 0 Å². The molecule has 172 valence electrons. The van der Waals surface area contributed by atoms with Crippen molar-refractivity contribution in [2.75, 3.05) is 10.6 Å². The van der Waals surface area contributed by atoms with Gasteiger partial charge in [0.1, 0.15) is 0 Å². The molecule has 9 nitrogen and oxygen atoms in total. The summed E-state index contributed by atoms with van der Waals surface area (Å²) in [6, 6.07) is 16.8. The van der Waals surface area contributed by atoms with Gasteiger partial charge in [-0.2, -0.15) is 0 Å². The predicted molar refractivity (Wildman–Crippen MR) is 125 cm³/mol. The van der Waals surface area contributed by atoms with Crippen molar-refractivity contribution in [2.45, 2.75) is 18.9 Å². The number of esters is 1. The topological polar surface area (TPSA) is 128 Å². The second-order valence-corrected chi connectivity index (χ2v) is 7.93. The molecule has 0 fully saturated rings. The molecule has 1 heterocycles. The van der Waals surface area contributed by atoms with E-state index in [4.69, 9.17) is 16.3 Å². The molecule has 0 aliphatic carbocycles. The van der Waals surface area contributed by atoms with E-state index in [1.807, 2.05) is 0 Å². The van der Waals surface area contributed by atoms with Crippen molar-refractivity contribution in [3.63, 3.8) is 0 Å². The third-order valence-corrected chi connectivity index (χ3v) is 5.54. The minimum Gasteiger partial charge on any atom is -0.444 e. The maximum absolute atomic E-state index is 13.1. The molecule has 0 saturated heterocycles. The molecule has 1 unspecified atom stereocenters. The van der Waals surface area contributed by atoms with Crippen molar-refractivity contribution in [3.05, 3.63) is 98.6 Å². The molecule has 0 saturated carbocycles. The minimum atomic E-state index is -1.31. The number of fused-ring (bicyclic) bond motifs is 1. The summed E-state index contributed by atoms with van der Waals surface area (Å²) in [6.45, 7) is 0. The fourth-order valence-electron chi connectivity index (χ4n) is 3.50. The Balaban J connectivity index is 1.57. The molecule has 0 aromatic heterocycles. The van der Waals surface area contributed by atoms with Crippen molar-refractivity contribution in [3.8, 4) is 0 Å². The predicted octanol–water partition coefficient (Wildman–Crippen LogP) is 4.67. The molecule has 0 radical (unpaired) electrons. The lowest BCUT2D eigenvalue weighted by Crippen LogP contribution is -2.26. The van der Waals surface area contributed by atoms with E-state index in [1.54, 1.807) is 42.5 Å². The fraction of sp³-hybridized carbons (Fsp3) is 0.125. The summed E-state index contributed by atoms with van der Waals surface area (Å²) in [6.07, 6.45) is -0.504. The van der Waals surface area contributed by atoms with Crippen LogP contribution < -0.4 is 10.6 Å². The number of rotatable bonds is 6. The first-order valence-electron chi connectivity index (χ1n) is 10.3. The number of anilines is 2. The molecule has 1 atom stereocenters. The van der Waals surface area contributed by atoms with E-state index in [2.05, 4.69) is 10.6 Å². The van der Waals surface area contributed by atoms with Crippen LogP contribution in [0.2, 0.25) is 5.02 Å². The summed E-state index contributed by atoms with van der Waals surface area (Å²) in [5.41, 5.74) is 2.01. The molecule has 1 aliphatic rings. The monoisotopic (exact) mass is 479 g/mol. The molecule has 0 spiro atoms. The van der Waals surface area contributed by atoms with E-state index in [0.29, 0.717) is 24.1 Å². The number of non-ortho nitro benzene ring substituents is 1. The molecule has 10 heteroatoms. The van der Waals surface area contributed by atoms with Crippen LogP contribution in [0.3, 0.4) is 0 Å². The van der Waals surface area contributed by atoms with Crippen LogP contribution in [0, 0.1) is 10.1 Å². The first-order valence-corrected chi connectivity index (χ1v) is 10.6. The smallest absolute Gasteiger partial charge is 0.339 e. The van der Waals surface area contributed by atoms with Gasteiger partial charge in [-0.05, 0) is 36.2 Å². The Kier molecular flexibility index (Phi) is 6.55. The first-order chi connectivity index (χ1) is 16.3. The second kappa shape index (κ2) is 9.72. The van der Waals surface area contributed by atoms with Gasteiger partial charge < -0.3 is 15.4 Å². The molecular formula is C24H18ClN3O6. The highest BCUT2D eigenvalue weighted by molar-refractivity contribution is 6.34. The lowest BCUT2D eigenvalue weighted by atomic mass is 10.0. The highest BCUT2D eigenvalue weighted by atomic mass is 35.5. The summed E-state index contributed by atoms with van der Waals surface area (Å²) in [7, 11) is 0. The quantitative estimate of drug-likeness (QED) is 0.300. The van der Waals surface area contributed by atoms with Gasteiger partial charge >= 0.3 is 5.97 Å². The number of nitrogens with zero attached hydrogens (tertiary/aromatic N) is 1. The van der Waals surface area contributed by atoms with Crippen molar-refractivity contribution in [1.82, 2.24) is 0 Å². The summed E-state index contributed by atoms with van der Waals surface area (Å²) in [5, 5.41) is 16.2. The molecule has 3 aromatic rings. The average molecular weight is 480 g/mol. The second-order valence-electron chi connectivity index (χ2n) is 7.53. The van der Waals surface area contributed by atoms with E-state index in [-0.39, 0.29) is 27.9 Å². The number of hydrogen-bond acceptors (Lipinski definition) is 6. The number of halogens is 1.